The van der Waals surface area contributed by atoms with Crippen LogP contribution >= 0.6 is 11.8 Å². The second kappa shape index (κ2) is 7.06. The van der Waals surface area contributed by atoms with Gasteiger partial charge in [0.2, 0.25) is 5.16 Å². The molecule has 116 valence electrons. The summed E-state index contributed by atoms with van der Waals surface area (Å²) in [5.74, 6) is 0.309. The van der Waals surface area contributed by atoms with Crippen LogP contribution in [-0.4, -0.2) is 33.3 Å². The number of nitrogens with zero attached hydrogens (tertiary/aromatic N) is 4. The fourth-order valence-corrected chi connectivity index (χ4v) is 2.89. The third-order valence-corrected chi connectivity index (χ3v) is 4.15. The Balaban J connectivity index is 1.75. The molecule has 0 bridgehead atoms. The third kappa shape index (κ3) is 3.57. The van der Waals surface area contributed by atoms with E-state index in [1.54, 1.807) is 10.7 Å². The first kappa shape index (κ1) is 15.2. The lowest BCUT2D eigenvalue weighted by Gasteiger charge is -2.05. The van der Waals surface area contributed by atoms with Gasteiger partial charge in [0, 0.05) is 5.75 Å². The number of carbonyl (C=O) groups is 1. The molecule has 6 nitrogen and oxygen atoms in total. The lowest BCUT2D eigenvalue weighted by Crippen LogP contribution is -2.01. The number of para-hydroxylation sites is 1. The fourth-order valence-electron chi connectivity index (χ4n) is 2.05. The zero-order valence-electron chi connectivity index (χ0n) is 12.4. The number of hydrogen-bond acceptors (Lipinski definition) is 6. The standard InChI is InChI=1S/C16H14N4O2S/c1-22-15(21)13-7-5-6-12(10-13)11-23-16-17-18-19-20(16)14-8-3-2-4-9-14/h2-10H,11H2,1H3. The summed E-state index contributed by atoms with van der Waals surface area (Å²) >= 11 is 1.50. The van der Waals surface area contributed by atoms with Gasteiger partial charge in [-0.2, -0.15) is 4.68 Å². The van der Waals surface area contributed by atoms with Gasteiger partial charge in [-0.1, -0.05) is 42.1 Å². The molecular formula is C16H14N4O2S. The van der Waals surface area contributed by atoms with Crippen LogP contribution in [0, 0.1) is 0 Å². The molecule has 3 aromatic rings. The zero-order chi connectivity index (χ0) is 16.1. The van der Waals surface area contributed by atoms with Crippen LogP contribution < -0.4 is 0 Å². The maximum atomic E-state index is 11.6. The van der Waals surface area contributed by atoms with Crippen LogP contribution in [0.2, 0.25) is 0 Å². The first-order chi connectivity index (χ1) is 11.3. The molecule has 0 aliphatic carbocycles. The minimum Gasteiger partial charge on any atom is -0.465 e. The lowest BCUT2D eigenvalue weighted by molar-refractivity contribution is 0.0600. The van der Waals surface area contributed by atoms with Crippen molar-refractivity contribution in [2.45, 2.75) is 10.9 Å². The van der Waals surface area contributed by atoms with Crippen molar-refractivity contribution in [2.24, 2.45) is 0 Å². The normalized spacial score (nSPS) is 10.5. The molecule has 0 radical (unpaired) electrons. The molecule has 0 fully saturated rings. The zero-order valence-corrected chi connectivity index (χ0v) is 13.2. The highest BCUT2D eigenvalue weighted by Gasteiger charge is 2.10. The fraction of sp³-hybridized carbons (Fsp3) is 0.125. The maximum Gasteiger partial charge on any atom is 0.337 e. The van der Waals surface area contributed by atoms with Crippen molar-refractivity contribution in [3.05, 3.63) is 65.7 Å². The number of rotatable bonds is 5. The van der Waals surface area contributed by atoms with Gasteiger partial charge in [-0.25, -0.2) is 4.79 Å². The van der Waals surface area contributed by atoms with Crippen molar-refractivity contribution >= 4 is 17.7 Å². The highest BCUT2D eigenvalue weighted by atomic mass is 32.2. The molecule has 0 aliphatic heterocycles. The van der Waals surface area contributed by atoms with Gasteiger partial charge in [-0.3, -0.25) is 0 Å². The summed E-state index contributed by atoms with van der Waals surface area (Å²) in [6, 6.07) is 17.0. The summed E-state index contributed by atoms with van der Waals surface area (Å²) in [6.45, 7) is 0. The van der Waals surface area contributed by atoms with Gasteiger partial charge in [0.25, 0.3) is 0 Å². The number of ether oxygens (including phenoxy) is 1. The van der Waals surface area contributed by atoms with Gasteiger partial charge >= 0.3 is 5.97 Å². The Morgan fingerprint density at radius 3 is 2.78 bits per heavy atom. The summed E-state index contributed by atoms with van der Waals surface area (Å²) in [5.41, 5.74) is 2.44. The average molecular weight is 326 g/mol. The predicted molar refractivity (Wildman–Crippen MR) is 86.5 cm³/mol. The van der Waals surface area contributed by atoms with Crippen LogP contribution in [0.1, 0.15) is 15.9 Å². The number of benzene rings is 2. The second-order valence-electron chi connectivity index (χ2n) is 4.69. The van der Waals surface area contributed by atoms with Gasteiger partial charge in [-0.15, -0.1) is 5.10 Å². The number of hydrogen-bond donors (Lipinski definition) is 0. The van der Waals surface area contributed by atoms with E-state index in [1.807, 2.05) is 48.5 Å². The lowest BCUT2D eigenvalue weighted by atomic mass is 10.1. The molecule has 0 N–H and O–H groups in total. The SMILES string of the molecule is COC(=O)c1cccc(CSc2nnnn2-c2ccccc2)c1. The van der Waals surface area contributed by atoms with E-state index in [2.05, 4.69) is 15.5 Å². The summed E-state index contributed by atoms with van der Waals surface area (Å²) in [7, 11) is 1.37. The molecule has 0 aliphatic rings. The van der Waals surface area contributed by atoms with Gasteiger partial charge < -0.3 is 4.74 Å². The number of aromatic nitrogens is 4. The van der Waals surface area contributed by atoms with Crippen LogP contribution in [0.15, 0.2) is 59.8 Å². The van der Waals surface area contributed by atoms with Crippen LogP contribution in [0.25, 0.3) is 5.69 Å². The topological polar surface area (TPSA) is 69.9 Å². The molecule has 1 aromatic heterocycles. The van der Waals surface area contributed by atoms with E-state index in [-0.39, 0.29) is 5.97 Å². The number of esters is 1. The Labute approximate surface area is 137 Å². The molecule has 7 heteroatoms. The molecule has 3 rings (SSSR count). The summed E-state index contributed by atoms with van der Waals surface area (Å²) < 4.78 is 6.43. The van der Waals surface area contributed by atoms with E-state index in [0.29, 0.717) is 16.5 Å². The molecule has 2 aromatic carbocycles. The van der Waals surface area contributed by atoms with E-state index in [1.165, 1.54) is 18.9 Å². The number of methoxy groups -OCH3 is 1. The second-order valence-corrected chi connectivity index (χ2v) is 5.63. The number of carbonyl (C=O) groups excluding carboxylic acids is 1. The minimum atomic E-state index is -0.342. The van der Waals surface area contributed by atoms with Crippen molar-refractivity contribution in [1.82, 2.24) is 20.2 Å². The number of tetrazole rings is 1. The van der Waals surface area contributed by atoms with Crippen LogP contribution in [0.4, 0.5) is 0 Å². The van der Waals surface area contributed by atoms with Crippen LogP contribution in [0.5, 0.6) is 0 Å². The van der Waals surface area contributed by atoms with Crippen molar-refractivity contribution < 1.29 is 9.53 Å². The smallest absolute Gasteiger partial charge is 0.337 e. The Morgan fingerprint density at radius 1 is 1.17 bits per heavy atom. The summed E-state index contributed by atoms with van der Waals surface area (Å²) in [6.07, 6.45) is 0. The molecule has 0 saturated carbocycles. The van der Waals surface area contributed by atoms with Crippen LogP contribution in [-0.2, 0) is 10.5 Å². The Bertz CT molecular complexity index is 805. The van der Waals surface area contributed by atoms with E-state index >= 15 is 0 Å². The van der Waals surface area contributed by atoms with Gasteiger partial charge in [-0.05, 0) is 40.3 Å². The van der Waals surface area contributed by atoms with Gasteiger partial charge in [0.15, 0.2) is 0 Å². The quantitative estimate of drug-likeness (QED) is 0.530. The summed E-state index contributed by atoms with van der Waals surface area (Å²) in [4.78, 5) is 11.6. The van der Waals surface area contributed by atoms with E-state index in [9.17, 15) is 4.79 Å². The van der Waals surface area contributed by atoms with Crippen LogP contribution in [0.3, 0.4) is 0 Å². The first-order valence-corrected chi connectivity index (χ1v) is 7.90. The van der Waals surface area contributed by atoms with E-state index < -0.39 is 0 Å². The highest BCUT2D eigenvalue weighted by molar-refractivity contribution is 7.98. The van der Waals surface area contributed by atoms with E-state index in [4.69, 9.17) is 4.74 Å². The maximum absolute atomic E-state index is 11.6. The van der Waals surface area contributed by atoms with Crippen molar-refractivity contribution in [2.75, 3.05) is 7.11 Å². The Kier molecular flexibility index (Phi) is 4.68. The number of thioether (sulfide) groups is 1. The molecule has 1 heterocycles. The predicted octanol–water partition coefficient (Wildman–Crippen LogP) is 2.74. The molecule has 0 atom stereocenters. The first-order valence-electron chi connectivity index (χ1n) is 6.92. The van der Waals surface area contributed by atoms with E-state index in [0.717, 1.165) is 11.3 Å². The highest BCUT2D eigenvalue weighted by Crippen LogP contribution is 2.22. The summed E-state index contributed by atoms with van der Waals surface area (Å²) in [5, 5.41) is 12.5. The monoisotopic (exact) mass is 326 g/mol. The molecule has 0 saturated heterocycles. The van der Waals surface area contributed by atoms with Gasteiger partial charge in [0.05, 0.1) is 18.4 Å². The Hall–Kier alpha value is -2.67. The molecule has 0 spiro atoms. The average Bonchev–Trinajstić information content (AvgIpc) is 3.09. The Morgan fingerprint density at radius 2 is 2.00 bits per heavy atom. The minimum absolute atomic E-state index is 0.342. The van der Waals surface area contributed by atoms with Crippen molar-refractivity contribution in [3.8, 4) is 5.69 Å². The molecule has 0 amide bonds. The third-order valence-electron chi connectivity index (χ3n) is 3.16. The largest absolute Gasteiger partial charge is 0.465 e. The molecule has 0 unspecified atom stereocenters. The van der Waals surface area contributed by atoms with Crippen molar-refractivity contribution in [3.63, 3.8) is 0 Å². The molecular weight excluding hydrogens is 312 g/mol. The van der Waals surface area contributed by atoms with Gasteiger partial charge in [0.1, 0.15) is 0 Å². The van der Waals surface area contributed by atoms with Crippen molar-refractivity contribution in [1.29, 1.82) is 0 Å². The molecule has 23 heavy (non-hydrogen) atoms.